The molecule has 1 atom stereocenters. The number of benzene rings is 1. The summed E-state index contributed by atoms with van der Waals surface area (Å²) in [5.41, 5.74) is 0.956. The second kappa shape index (κ2) is 8.01. The number of rotatable bonds is 5. The van der Waals surface area contributed by atoms with Crippen molar-refractivity contribution in [3.8, 4) is 5.75 Å². The Morgan fingerprint density at radius 3 is 2.42 bits per heavy atom. The molecule has 0 bridgehead atoms. The average Bonchev–Trinajstić information content (AvgIpc) is 2.56. The summed E-state index contributed by atoms with van der Waals surface area (Å²) < 4.78 is 5.54. The highest BCUT2D eigenvalue weighted by Gasteiger charge is 2.23. The van der Waals surface area contributed by atoms with E-state index in [0.717, 1.165) is 18.7 Å². The zero-order valence-corrected chi connectivity index (χ0v) is 14.4. The molecule has 2 rings (SSSR count). The topological polar surface area (TPSA) is 73.3 Å². The second-order valence-corrected chi connectivity index (χ2v) is 6.15. The van der Waals surface area contributed by atoms with Gasteiger partial charge in [-0.3, -0.25) is 4.90 Å². The lowest BCUT2D eigenvalue weighted by Gasteiger charge is -2.36. The van der Waals surface area contributed by atoms with E-state index < -0.39 is 12.1 Å². The molecule has 24 heavy (non-hydrogen) atoms. The summed E-state index contributed by atoms with van der Waals surface area (Å²) >= 11 is 0. The fourth-order valence-corrected chi connectivity index (χ4v) is 2.61. The first kappa shape index (κ1) is 18.1. The van der Waals surface area contributed by atoms with Gasteiger partial charge in [0.2, 0.25) is 0 Å². The number of ether oxygens (including phenoxy) is 1. The molecule has 0 aliphatic carbocycles. The summed E-state index contributed by atoms with van der Waals surface area (Å²) in [7, 11) is 3.51. The Hall–Kier alpha value is -2.28. The molecule has 132 valence electrons. The number of carboxylic acid groups (broad SMARTS) is 1. The minimum absolute atomic E-state index is 0.0358. The maximum absolute atomic E-state index is 12.0. The Morgan fingerprint density at radius 1 is 1.21 bits per heavy atom. The van der Waals surface area contributed by atoms with Crippen molar-refractivity contribution in [3.05, 3.63) is 29.8 Å². The predicted molar refractivity (Wildman–Crippen MR) is 90.1 cm³/mol. The van der Waals surface area contributed by atoms with Crippen LogP contribution in [0.3, 0.4) is 0 Å². The van der Waals surface area contributed by atoms with Crippen molar-refractivity contribution >= 4 is 12.0 Å². The van der Waals surface area contributed by atoms with Gasteiger partial charge in [-0.15, -0.1) is 0 Å². The minimum atomic E-state index is -0.986. The number of carboxylic acids is 1. The molecule has 0 spiro atoms. The Bertz CT molecular complexity index is 583. The molecule has 7 nitrogen and oxygen atoms in total. The van der Waals surface area contributed by atoms with Gasteiger partial charge >= 0.3 is 12.0 Å². The highest BCUT2D eigenvalue weighted by atomic mass is 16.5. The molecule has 1 aromatic carbocycles. The van der Waals surface area contributed by atoms with E-state index in [0.29, 0.717) is 25.4 Å². The van der Waals surface area contributed by atoms with Crippen molar-refractivity contribution in [2.75, 3.05) is 40.3 Å². The third-order valence-corrected chi connectivity index (χ3v) is 4.04. The van der Waals surface area contributed by atoms with Crippen LogP contribution in [0.5, 0.6) is 5.75 Å². The molecular weight excluding hydrogens is 310 g/mol. The number of hydrogen-bond donors (Lipinski definition) is 1. The normalized spacial score (nSPS) is 16.5. The van der Waals surface area contributed by atoms with Crippen molar-refractivity contribution in [2.45, 2.75) is 19.6 Å². The number of hydrogen-bond acceptors (Lipinski definition) is 4. The molecule has 0 saturated carbocycles. The van der Waals surface area contributed by atoms with Crippen molar-refractivity contribution in [1.29, 1.82) is 0 Å². The lowest BCUT2D eigenvalue weighted by atomic mass is 10.1. The van der Waals surface area contributed by atoms with Crippen LogP contribution < -0.4 is 4.74 Å². The van der Waals surface area contributed by atoms with Crippen LogP contribution in [0, 0.1) is 0 Å². The number of para-hydroxylation sites is 1. The number of carbonyl (C=O) groups excluding carboxylic acids is 1. The van der Waals surface area contributed by atoms with Crippen molar-refractivity contribution in [1.82, 2.24) is 14.7 Å². The van der Waals surface area contributed by atoms with E-state index in [1.165, 1.54) is 6.92 Å². The number of aliphatic carboxylic acids is 1. The lowest BCUT2D eigenvalue weighted by molar-refractivity contribution is -0.144. The number of amides is 2. The first-order valence-corrected chi connectivity index (χ1v) is 8.04. The molecule has 2 amide bonds. The molecule has 7 heteroatoms. The summed E-state index contributed by atoms with van der Waals surface area (Å²) in [5.74, 6) is -0.389. The molecule has 0 aromatic heterocycles. The minimum Gasteiger partial charge on any atom is -0.479 e. The molecule has 1 unspecified atom stereocenters. The van der Waals surface area contributed by atoms with Gasteiger partial charge in [-0.2, -0.15) is 0 Å². The van der Waals surface area contributed by atoms with E-state index in [9.17, 15) is 9.59 Å². The summed E-state index contributed by atoms with van der Waals surface area (Å²) in [4.78, 5) is 28.6. The first-order chi connectivity index (χ1) is 11.4. The number of nitrogens with zero attached hydrogens (tertiary/aromatic N) is 3. The number of carbonyl (C=O) groups is 2. The fourth-order valence-electron chi connectivity index (χ4n) is 2.61. The summed E-state index contributed by atoms with van der Waals surface area (Å²) in [6.45, 7) is 5.12. The molecule has 1 heterocycles. The van der Waals surface area contributed by atoms with Crippen molar-refractivity contribution in [2.24, 2.45) is 0 Å². The van der Waals surface area contributed by atoms with Crippen LogP contribution in [-0.2, 0) is 11.3 Å². The third kappa shape index (κ3) is 4.61. The highest BCUT2D eigenvalue weighted by Crippen LogP contribution is 2.22. The van der Waals surface area contributed by atoms with Gasteiger partial charge in [-0.25, -0.2) is 9.59 Å². The molecule has 1 aliphatic heterocycles. The van der Waals surface area contributed by atoms with Gasteiger partial charge in [-0.05, 0) is 13.0 Å². The van der Waals surface area contributed by atoms with Gasteiger partial charge in [0.25, 0.3) is 0 Å². The lowest BCUT2D eigenvalue weighted by Crippen LogP contribution is -2.51. The summed E-state index contributed by atoms with van der Waals surface area (Å²) in [6, 6.07) is 7.52. The maximum Gasteiger partial charge on any atom is 0.344 e. The quantitative estimate of drug-likeness (QED) is 0.879. The summed E-state index contributed by atoms with van der Waals surface area (Å²) in [6.07, 6.45) is -0.888. The van der Waals surface area contributed by atoms with E-state index in [1.54, 1.807) is 25.1 Å². The van der Waals surface area contributed by atoms with Crippen LogP contribution in [0.1, 0.15) is 12.5 Å². The Labute approximate surface area is 142 Å². The Morgan fingerprint density at radius 2 is 1.83 bits per heavy atom. The standard InChI is InChI=1S/C17H25N3O4/c1-13(16(21)22)24-15-7-5-4-6-14(15)12-19-8-10-20(11-9-19)17(23)18(2)3/h4-7,13H,8-12H2,1-3H3,(H,21,22). The zero-order chi connectivity index (χ0) is 17.7. The molecule has 0 radical (unpaired) electrons. The first-order valence-electron chi connectivity index (χ1n) is 8.04. The van der Waals surface area contributed by atoms with Crippen LogP contribution in [0.2, 0.25) is 0 Å². The average molecular weight is 335 g/mol. The highest BCUT2D eigenvalue weighted by molar-refractivity contribution is 5.74. The van der Waals surface area contributed by atoms with E-state index in [4.69, 9.17) is 9.84 Å². The fraction of sp³-hybridized carbons (Fsp3) is 0.529. The van der Waals surface area contributed by atoms with E-state index >= 15 is 0 Å². The van der Waals surface area contributed by atoms with Crippen LogP contribution in [-0.4, -0.2) is 78.2 Å². The largest absolute Gasteiger partial charge is 0.479 e. The third-order valence-electron chi connectivity index (χ3n) is 4.04. The maximum atomic E-state index is 12.0. The zero-order valence-electron chi connectivity index (χ0n) is 14.4. The number of urea groups is 1. The predicted octanol–water partition coefficient (Wildman–Crippen LogP) is 1.34. The monoisotopic (exact) mass is 335 g/mol. The molecular formula is C17H25N3O4. The van der Waals surface area contributed by atoms with Crippen LogP contribution >= 0.6 is 0 Å². The molecule has 1 aliphatic rings. The molecule has 1 N–H and O–H groups in total. The van der Waals surface area contributed by atoms with Gasteiger partial charge in [-0.1, -0.05) is 18.2 Å². The Kier molecular flexibility index (Phi) is 6.03. The van der Waals surface area contributed by atoms with E-state index in [1.807, 2.05) is 23.1 Å². The van der Waals surface area contributed by atoms with Gasteiger partial charge in [0, 0.05) is 52.4 Å². The smallest absolute Gasteiger partial charge is 0.344 e. The van der Waals surface area contributed by atoms with Gasteiger partial charge < -0.3 is 19.6 Å². The van der Waals surface area contributed by atoms with E-state index in [-0.39, 0.29) is 6.03 Å². The Balaban J connectivity index is 1.95. The van der Waals surface area contributed by atoms with Crippen LogP contribution in [0.4, 0.5) is 4.79 Å². The summed E-state index contributed by atoms with van der Waals surface area (Å²) in [5, 5.41) is 9.00. The van der Waals surface area contributed by atoms with Gasteiger partial charge in [0.1, 0.15) is 5.75 Å². The van der Waals surface area contributed by atoms with E-state index in [2.05, 4.69) is 4.90 Å². The van der Waals surface area contributed by atoms with Crippen molar-refractivity contribution in [3.63, 3.8) is 0 Å². The SMILES string of the molecule is CC(Oc1ccccc1CN1CCN(C(=O)N(C)C)CC1)C(=O)O. The molecule has 1 saturated heterocycles. The number of piperazine rings is 1. The van der Waals surface area contributed by atoms with Gasteiger partial charge in [0.15, 0.2) is 6.10 Å². The van der Waals surface area contributed by atoms with Crippen molar-refractivity contribution < 1.29 is 19.4 Å². The molecule has 1 fully saturated rings. The second-order valence-electron chi connectivity index (χ2n) is 6.15. The van der Waals surface area contributed by atoms with Crippen LogP contribution in [0.25, 0.3) is 0 Å². The van der Waals surface area contributed by atoms with Gasteiger partial charge in [0.05, 0.1) is 0 Å². The molecule has 1 aromatic rings. The van der Waals surface area contributed by atoms with Crippen LogP contribution in [0.15, 0.2) is 24.3 Å².